The van der Waals surface area contributed by atoms with Gasteiger partial charge in [-0.3, -0.25) is 9.59 Å². The van der Waals surface area contributed by atoms with Gasteiger partial charge >= 0.3 is 0 Å². The Balaban J connectivity index is 1.76. The van der Waals surface area contributed by atoms with Crippen molar-refractivity contribution in [3.63, 3.8) is 0 Å². The molecule has 1 aromatic heterocycles. The highest BCUT2D eigenvalue weighted by Gasteiger charge is 2.07. The van der Waals surface area contributed by atoms with E-state index < -0.39 is 0 Å². The molecule has 0 saturated carbocycles. The number of hydrazone groups is 1. The highest BCUT2D eigenvalue weighted by atomic mass is 16.2. The van der Waals surface area contributed by atoms with E-state index in [2.05, 4.69) is 27.0 Å². The van der Waals surface area contributed by atoms with Crippen molar-refractivity contribution in [2.45, 2.75) is 13.5 Å². The smallest absolute Gasteiger partial charge is 0.271 e. The van der Waals surface area contributed by atoms with E-state index in [9.17, 15) is 9.59 Å². The number of carbonyl (C=O) groups is 2. The van der Waals surface area contributed by atoms with Gasteiger partial charge in [0.2, 0.25) is 5.91 Å². The van der Waals surface area contributed by atoms with Gasteiger partial charge in [-0.05, 0) is 24.3 Å². The maximum Gasteiger partial charge on any atom is 0.271 e. The van der Waals surface area contributed by atoms with E-state index in [1.54, 1.807) is 30.5 Å². The Kier molecular flexibility index (Phi) is 5.47. The quantitative estimate of drug-likeness (QED) is 0.401. The summed E-state index contributed by atoms with van der Waals surface area (Å²) in [7, 11) is 0. The van der Waals surface area contributed by atoms with Gasteiger partial charge < -0.3 is 9.88 Å². The molecule has 0 fully saturated rings. The fourth-order valence-corrected chi connectivity index (χ4v) is 2.83. The summed E-state index contributed by atoms with van der Waals surface area (Å²) < 4.78 is 2.07. The predicted octanol–water partition coefficient (Wildman–Crippen LogP) is 3.55. The van der Waals surface area contributed by atoms with E-state index in [-0.39, 0.29) is 11.8 Å². The molecule has 0 unspecified atom stereocenters. The Labute approximate surface area is 157 Å². The van der Waals surface area contributed by atoms with Crippen molar-refractivity contribution < 1.29 is 9.59 Å². The topological polar surface area (TPSA) is 75.5 Å². The number of allylic oxidation sites excluding steroid dienone is 1. The monoisotopic (exact) mass is 360 g/mol. The number of benzene rings is 2. The lowest BCUT2D eigenvalue weighted by molar-refractivity contribution is -0.114. The van der Waals surface area contributed by atoms with E-state index >= 15 is 0 Å². The molecule has 27 heavy (non-hydrogen) atoms. The number of anilines is 1. The highest BCUT2D eigenvalue weighted by molar-refractivity contribution is 6.01. The second-order valence-corrected chi connectivity index (χ2v) is 6.00. The Morgan fingerprint density at radius 2 is 2.00 bits per heavy atom. The van der Waals surface area contributed by atoms with Crippen LogP contribution in [0.1, 0.15) is 22.8 Å². The lowest BCUT2D eigenvalue weighted by Crippen LogP contribution is -2.18. The van der Waals surface area contributed by atoms with E-state index in [0.29, 0.717) is 17.8 Å². The van der Waals surface area contributed by atoms with Gasteiger partial charge in [0.1, 0.15) is 0 Å². The van der Waals surface area contributed by atoms with Gasteiger partial charge in [0, 0.05) is 47.4 Å². The molecule has 3 rings (SSSR count). The third-order valence-electron chi connectivity index (χ3n) is 3.96. The number of hydrogen-bond donors (Lipinski definition) is 2. The van der Waals surface area contributed by atoms with Crippen molar-refractivity contribution in [2.75, 3.05) is 5.32 Å². The molecule has 2 aromatic carbocycles. The molecule has 3 aromatic rings. The molecule has 0 aliphatic carbocycles. The number of amides is 2. The average Bonchev–Trinajstić information content (AvgIpc) is 3.00. The largest absolute Gasteiger partial charge is 0.343 e. The first-order valence-electron chi connectivity index (χ1n) is 8.48. The maximum absolute atomic E-state index is 12.3. The van der Waals surface area contributed by atoms with Crippen molar-refractivity contribution in [3.05, 3.63) is 78.5 Å². The number of carbonyl (C=O) groups excluding carboxylic acids is 2. The SMILES string of the molecule is C=CCn1cc(C=NNC(=O)c2cccc(NC(C)=O)c2)c2ccccc21. The molecule has 6 heteroatoms. The van der Waals surface area contributed by atoms with Crippen LogP contribution in [0, 0.1) is 0 Å². The molecule has 0 bridgehead atoms. The second kappa shape index (κ2) is 8.14. The van der Waals surface area contributed by atoms with Gasteiger partial charge in [0.05, 0.1) is 6.21 Å². The molecule has 0 atom stereocenters. The van der Waals surface area contributed by atoms with Crippen molar-refractivity contribution in [2.24, 2.45) is 5.10 Å². The number of rotatable bonds is 6. The van der Waals surface area contributed by atoms with E-state index in [1.807, 2.05) is 36.5 Å². The highest BCUT2D eigenvalue weighted by Crippen LogP contribution is 2.20. The third-order valence-corrected chi connectivity index (χ3v) is 3.96. The zero-order valence-electron chi connectivity index (χ0n) is 15.0. The van der Waals surface area contributed by atoms with Crippen LogP contribution in [-0.2, 0) is 11.3 Å². The molecule has 0 saturated heterocycles. The first-order valence-corrected chi connectivity index (χ1v) is 8.48. The van der Waals surface area contributed by atoms with Gasteiger partial charge in [0.15, 0.2) is 0 Å². The van der Waals surface area contributed by atoms with Crippen molar-refractivity contribution >= 4 is 34.6 Å². The van der Waals surface area contributed by atoms with Gasteiger partial charge in [0.25, 0.3) is 5.91 Å². The Hall–Kier alpha value is -3.67. The lowest BCUT2D eigenvalue weighted by Gasteiger charge is -2.04. The van der Waals surface area contributed by atoms with Crippen LogP contribution >= 0.6 is 0 Å². The van der Waals surface area contributed by atoms with Crippen molar-refractivity contribution in [1.29, 1.82) is 0 Å². The molecule has 0 aliphatic heterocycles. The summed E-state index contributed by atoms with van der Waals surface area (Å²) in [5.41, 5.74) is 5.47. The first-order chi connectivity index (χ1) is 13.1. The normalized spacial score (nSPS) is 10.9. The number of hydrogen-bond acceptors (Lipinski definition) is 3. The number of nitrogens with one attached hydrogen (secondary N) is 2. The number of fused-ring (bicyclic) bond motifs is 1. The van der Waals surface area contributed by atoms with Crippen molar-refractivity contribution in [1.82, 2.24) is 9.99 Å². The van der Waals surface area contributed by atoms with Crippen molar-refractivity contribution in [3.8, 4) is 0 Å². The summed E-state index contributed by atoms with van der Waals surface area (Å²) >= 11 is 0. The summed E-state index contributed by atoms with van der Waals surface area (Å²) in [5, 5.41) is 7.78. The Bertz CT molecular complexity index is 1030. The maximum atomic E-state index is 12.3. The molecule has 136 valence electrons. The third kappa shape index (κ3) is 4.30. The molecule has 0 aliphatic rings. The molecular weight excluding hydrogens is 340 g/mol. The minimum absolute atomic E-state index is 0.193. The van der Waals surface area contributed by atoms with Gasteiger partial charge in [-0.25, -0.2) is 5.43 Å². The number of aromatic nitrogens is 1. The zero-order valence-corrected chi connectivity index (χ0v) is 15.0. The lowest BCUT2D eigenvalue weighted by atomic mass is 10.2. The van der Waals surface area contributed by atoms with Crippen LogP contribution in [0.2, 0.25) is 0 Å². The van der Waals surface area contributed by atoms with E-state index in [1.165, 1.54) is 6.92 Å². The minimum Gasteiger partial charge on any atom is -0.343 e. The van der Waals surface area contributed by atoms with Crippen LogP contribution in [0.25, 0.3) is 10.9 Å². The molecular formula is C21H20N4O2. The number of nitrogens with zero attached hydrogens (tertiary/aromatic N) is 2. The fourth-order valence-electron chi connectivity index (χ4n) is 2.83. The summed E-state index contributed by atoms with van der Waals surface area (Å²) in [6, 6.07) is 14.7. The second-order valence-electron chi connectivity index (χ2n) is 6.00. The van der Waals surface area contributed by atoms with Gasteiger partial charge in [-0.1, -0.05) is 30.3 Å². The van der Waals surface area contributed by atoms with E-state index in [0.717, 1.165) is 16.5 Å². The van der Waals surface area contributed by atoms with Crippen LogP contribution in [0.3, 0.4) is 0 Å². The molecule has 2 amide bonds. The first kappa shape index (κ1) is 18.1. The minimum atomic E-state index is -0.353. The molecule has 2 N–H and O–H groups in total. The van der Waals surface area contributed by atoms with Gasteiger partial charge in [-0.2, -0.15) is 5.10 Å². The fraction of sp³-hybridized carbons (Fsp3) is 0.0952. The Morgan fingerprint density at radius 1 is 1.19 bits per heavy atom. The van der Waals surface area contributed by atoms with Crippen LogP contribution < -0.4 is 10.7 Å². The summed E-state index contributed by atoms with van der Waals surface area (Å²) in [4.78, 5) is 23.4. The van der Waals surface area contributed by atoms with Crippen LogP contribution in [0.15, 0.2) is 72.5 Å². The van der Waals surface area contributed by atoms with Crippen LogP contribution in [-0.4, -0.2) is 22.6 Å². The summed E-state index contributed by atoms with van der Waals surface area (Å²) in [6.07, 6.45) is 5.42. The molecule has 0 radical (unpaired) electrons. The van der Waals surface area contributed by atoms with Gasteiger partial charge in [-0.15, -0.1) is 6.58 Å². The molecule has 6 nitrogen and oxygen atoms in total. The van der Waals surface area contributed by atoms with Crippen LogP contribution in [0.4, 0.5) is 5.69 Å². The average molecular weight is 360 g/mol. The number of para-hydroxylation sites is 1. The van der Waals surface area contributed by atoms with Crippen LogP contribution in [0.5, 0.6) is 0 Å². The predicted molar refractivity (Wildman–Crippen MR) is 108 cm³/mol. The van der Waals surface area contributed by atoms with E-state index in [4.69, 9.17) is 0 Å². The molecule has 0 spiro atoms. The summed E-state index contributed by atoms with van der Waals surface area (Å²) in [5.74, 6) is -0.547. The Morgan fingerprint density at radius 3 is 2.78 bits per heavy atom. The summed E-state index contributed by atoms with van der Waals surface area (Å²) in [6.45, 7) is 5.89. The standard InChI is InChI=1S/C21H20N4O2/c1-3-11-25-14-17(19-9-4-5-10-20(19)25)13-22-24-21(27)16-7-6-8-18(12-16)23-15(2)26/h3-10,12-14H,1,11H2,2H3,(H,23,26)(H,24,27). The zero-order chi connectivity index (χ0) is 19.2. The molecule has 1 heterocycles.